The summed E-state index contributed by atoms with van der Waals surface area (Å²) in [7, 11) is 3.93. The zero-order chi connectivity index (χ0) is 19.8. The first-order chi connectivity index (χ1) is 12.9. The summed E-state index contributed by atoms with van der Waals surface area (Å²) in [4.78, 5) is 38.9. The maximum Gasteiger partial charge on any atom is 0.256 e. The van der Waals surface area contributed by atoms with Crippen LogP contribution in [0.3, 0.4) is 0 Å². The van der Waals surface area contributed by atoms with Gasteiger partial charge in [-0.1, -0.05) is 25.0 Å². The lowest BCUT2D eigenvalue weighted by Crippen LogP contribution is -2.30. The lowest BCUT2D eigenvalue weighted by Gasteiger charge is -2.13. The fourth-order valence-corrected chi connectivity index (χ4v) is 2.99. The number of nitrogens with one attached hydrogen (secondary N) is 1. The summed E-state index contributed by atoms with van der Waals surface area (Å²) in [5.41, 5.74) is 4.10. The van der Waals surface area contributed by atoms with E-state index in [1.54, 1.807) is 11.6 Å². The summed E-state index contributed by atoms with van der Waals surface area (Å²) >= 11 is 0. The summed E-state index contributed by atoms with van der Waals surface area (Å²) in [6, 6.07) is 7.82. The van der Waals surface area contributed by atoms with Crippen LogP contribution in [0.1, 0.15) is 44.1 Å². The molecule has 1 aromatic rings. The Bertz CT molecular complexity index is 710. The third-order valence-electron chi connectivity index (χ3n) is 4.57. The van der Waals surface area contributed by atoms with E-state index >= 15 is 0 Å². The molecule has 2 N–H and O–H groups in total. The molecule has 0 spiro atoms. The van der Waals surface area contributed by atoms with Gasteiger partial charge in [0.25, 0.3) is 5.91 Å². The Kier molecular flexibility index (Phi) is 7.55. The zero-order valence-corrected chi connectivity index (χ0v) is 15.9. The minimum absolute atomic E-state index is 0.144. The highest BCUT2D eigenvalue weighted by atomic mass is 16.5. The number of unbranched alkanes of at least 4 members (excludes halogenated alkanes) is 3. The van der Waals surface area contributed by atoms with E-state index in [1.807, 2.05) is 43.3 Å². The largest absolute Gasteiger partial charge is 0.378 e. The molecule has 0 radical (unpaired) electrons. The molecule has 0 bridgehead atoms. The zero-order valence-electron chi connectivity index (χ0n) is 15.9. The normalized spacial score (nSPS) is 15.5. The molecule has 1 heterocycles. The van der Waals surface area contributed by atoms with E-state index in [0.29, 0.717) is 25.0 Å². The van der Waals surface area contributed by atoms with Crippen LogP contribution < -0.4 is 10.4 Å². The van der Waals surface area contributed by atoms with Crippen molar-refractivity contribution in [1.82, 2.24) is 10.4 Å². The molecular formula is C20H27N3O4. The average molecular weight is 373 g/mol. The molecule has 27 heavy (non-hydrogen) atoms. The molecule has 7 nitrogen and oxygen atoms in total. The Morgan fingerprint density at radius 1 is 1.15 bits per heavy atom. The molecule has 1 aliphatic heterocycles. The molecule has 0 aliphatic carbocycles. The maximum absolute atomic E-state index is 12.5. The molecule has 0 aromatic heterocycles. The summed E-state index contributed by atoms with van der Waals surface area (Å²) in [5.74, 6) is -0.763. The first-order valence-electron chi connectivity index (χ1n) is 9.18. The van der Waals surface area contributed by atoms with Crippen molar-refractivity contribution >= 4 is 29.5 Å². The number of carbonyl (C=O) groups excluding carboxylic acids is 3. The summed E-state index contributed by atoms with van der Waals surface area (Å²) in [5, 5.41) is 8.42. The number of likely N-dealkylation sites (tertiary alicyclic amines) is 1. The molecule has 0 saturated carbocycles. The molecule has 1 aliphatic rings. The first-order valence-corrected chi connectivity index (χ1v) is 9.18. The van der Waals surface area contributed by atoms with Crippen LogP contribution in [0.5, 0.6) is 0 Å². The third-order valence-corrected chi connectivity index (χ3v) is 4.57. The van der Waals surface area contributed by atoms with Crippen molar-refractivity contribution < 1.29 is 19.6 Å². The standard InChI is InChI=1S/C20H27N3O4/c1-22(2)17-10-8-15(9-11-17)13-16-14-19(25)23(20(16)26)12-6-4-3-5-7-18(24)21-27/h8-11,13,27H,3-7,12,14H2,1-2H3,(H,21,24). The molecular weight excluding hydrogens is 346 g/mol. The number of amides is 3. The van der Waals surface area contributed by atoms with Crippen LogP contribution in [-0.4, -0.2) is 48.5 Å². The number of anilines is 1. The van der Waals surface area contributed by atoms with Gasteiger partial charge < -0.3 is 4.90 Å². The van der Waals surface area contributed by atoms with Gasteiger partial charge >= 0.3 is 0 Å². The molecule has 0 unspecified atom stereocenters. The number of hydroxylamine groups is 1. The van der Waals surface area contributed by atoms with Gasteiger partial charge in [0.1, 0.15) is 0 Å². The second kappa shape index (κ2) is 9.87. The van der Waals surface area contributed by atoms with Gasteiger partial charge in [-0.05, 0) is 36.6 Å². The van der Waals surface area contributed by atoms with Crippen molar-refractivity contribution in [1.29, 1.82) is 0 Å². The van der Waals surface area contributed by atoms with Gasteiger partial charge in [0.2, 0.25) is 11.8 Å². The van der Waals surface area contributed by atoms with E-state index in [-0.39, 0.29) is 24.7 Å². The summed E-state index contributed by atoms with van der Waals surface area (Å²) < 4.78 is 0. The molecule has 1 fully saturated rings. The summed E-state index contributed by atoms with van der Waals surface area (Å²) in [6.07, 6.45) is 5.21. The molecule has 2 rings (SSSR count). The topological polar surface area (TPSA) is 90.0 Å². The molecule has 146 valence electrons. The number of hydrogen-bond donors (Lipinski definition) is 2. The molecule has 0 atom stereocenters. The minimum Gasteiger partial charge on any atom is -0.378 e. The Morgan fingerprint density at radius 3 is 2.44 bits per heavy atom. The Morgan fingerprint density at radius 2 is 1.81 bits per heavy atom. The second-order valence-corrected chi connectivity index (χ2v) is 6.88. The van der Waals surface area contributed by atoms with E-state index < -0.39 is 5.91 Å². The quantitative estimate of drug-likeness (QED) is 0.228. The van der Waals surface area contributed by atoms with Crippen LogP contribution in [0, 0.1) is 0 Å². The molecule has 1 saturated heterocycles. The van der Waals surface area contributed by atoms with E-state index in [1.165, 1.54) is 4.90 Å². The van der Waals surface area contributed by atoms with Crippen LogP contribution in [-0.2, 0) is 14.4 Å². The van der Waals surface area contributed by atoms with E-state index in [2.05, 4.69) is 0 Å². The number of rotatable bonds is 9. The number of hydrogen-bond acceptors (Lipinski definition) is 5. The van der Waals surface area contributed by atoms with Crippen LogP contribution in [0.4, 0.5) is 5.69 Å². The van der Waals surface area contributed by atoms with Gasteiger partial charge in [-0.25, -0.2) is 5.48 Å². The van der Waals surface area contributed by atoms with Gasteiger partial charge in [-0.15, -0.1) is 0 Å². The number of imide groups is 1. The maximum atomic E-state index is 12.5. The highest BCUT2D eigenvalue weighted by Gasteiger charge is 2.32. The fraction of sp³-hybridized carbons (Fsp3) is 0.450. The predicted molar refractivity (Wildman–Crippen MR) is 103 cm³/mol. The van der Waals surface area contributed by atoms with E-state index in [0.717, 1.165) is 24.1 Å². The Labute approximate surface area is 159 Å². The third kappa shape index (κ3) is 5.92. The first kappa shape index (κ1) is 20.6. The monoisotopic (exact) mass is 373 g/mol. The lowest BCUT2D eigenvalue weighted by molar-refractivity contribution is -0.137. The SMILES string of the molecule is CN(C)c1ccc(C=C2CC(=O)N(CCCCCCC(=O)NO)C2=O)cc1. The van der Waals surface area contributed by atoms with Crippen LogP contribution in [0.25, 0.3) is 6.08 Å². The minimum atomic E-state index is -0.395. The van der Waals surface area contributed by atoms with Crippen molar-refractivity contribution in [2.24, 2.45) is 0 Å². The van der Waals surface area contributed by atoms with Crippen molar-refractivity contribution in [2.75, 3.05) is 25.5 Å². The molecule has 1 aromatic carbocycles. The van der Waals surface area contributed by atoms with Gasteiger partial charge in [-0.3, -0.25) is 24.5 Å². The molecule has 7 heteroatoms. The Balaban J connectivity index is 1.84. The smallest absolute Gasteiger partial charge is 0.256 e. The highest BCUT2D eigenvalue weighted by molar-refractivity contribution is 6.15. The highest BCUT2D eigenvalue weighted by Crippen LogP contribution is 2.23. The van der Waals surface area contributed by atoms with Gasteiger partial charge in [0, 0.05) is 38.3 Å². The van der Waals surface area contributed by atoms with Gasteiger partial charge in [0.15, 0.2) is 0 Å². The van der Waals surface area contributed by atoms with Gasteiger partial charge in [-0.2, -0.15) is 0 Å². The average Bonchev–Trinajstić information content (AvgIpc) is 2.91. The fourth-order valence-electron chi connectivity index (χ4n) is 2.99. The predicted octanol–water partition coefficient (Wildman–Crippen LogP) is 2.35. The summed E-state index contributed by atoms with van der Waals surface area (Å²) in [6.45, 7) is 0.404. The number of carbonyl (C=O) groups is 3. The van der Waals surface area contributed by atoms with Crippen molar-refractivity contribution in [2.45, 2.75) is 38.5 Å². The number of benzene rings is 1. The van der Waals surface area contributed by atoms with Crippen molar-refractivity contribution in [3.63, 3.8) is 0 Å². The van der Waals surface area contributed by atoms with Crippen LogP contribution in [0.2, 0.25) is 0 Å². The number of nitrogens with zero attached hydrogens (tertiary/aromatic N) is 2. The van der Waals surface area contributed by atoms with Crippen molar-refractivity contribution in [3.8, 4) is 0 Å². The van der Waals surface area contributed by atoms with E-state index in [9.17, 15) is 14.4 Å². The Hall–Kier alpha value is -2.67. The second-order valence-electron chi connectivity index (χ2n) is 6.88. The molecule has 3 amide bonds. The lowest BCUT2D eigenvalue weighted by atomic mass is 10.1. The van der Waals surface area contributed by atoms with Crippen LogP contribution >= 0.6 is 0 Å². The van der Waals surface area contributed by atoms with E-state index in [4.69, 9.17) is 5.21 Å². The van der Waals surface area contributed by atoms with Gasteiger partial charge in [0.05, 0.1) is 6.42 Å². The van der Waals surface area contributed by atoms with Crippen LogP contribution in [0.15, 0.2) is 29.8 Å². The van der Waals surface area contributed by atoms with Crippen molar-refractivity contribution in [3.05, 3.63) is 35.4 Å².